The fourth-order valence-corrected chi connectivity index (χ4v) is 3.28. The molecular weight excluding hydrogens is 276 g/mol. The Balaban J connectivity index is 2.83. The summed E-state index contributed by atoms with van der Waals surface area (Å²) in [4.78, 5) is 11.4. The topological polar surface area (TPSA) is 66.5 Å². The predicted molar refractivity (Wildman–Crippen MR) is 78.7 cm³/mol. The quantitative estimate of drug-likeness (QED) is 0.834. The van der Waals surface area contributed by atoms with Gasteiger partial charge in [0.25, 0.3) is 0 Å². The lowest BCUT2D eigenvalue weighted by Gasteiger charge is -2.18. The molecule has 1 aromatic carbocycles. The van der Waals surface area contributed by atoms with Gasteiger partial charge in [-0.15, -0.1) is 0 Å². The molecule has 0 saturated carbocycles. The van der Waals surface area contributed by atoms with Crippen LogP contribution < -0.4 is 5.32 Å². The molecule has 0 aliphatic heterocycles. The zero-order valence-electron chi connectivity index (χ0n) is 12.2. The second-order valence-corrected chi connectivity index (χ2v) is 6.30. The van der Waals surface area contributed by atoms with Gasteiger partial charge in [-0.1, -0.05) is 32.9 Å². The highest BCUT2D eigenvalue weighted by Crippen LogP contribution is 2.16. The molecule has 0 heterocycles. The maximum atomic E-state index is 12.3. The van der Waals surface area contributed by atoms with Gasteiger partial charge in [-0.25, -0.2) is 8.42 Å². The Morgan fingerprint density at radius 3 is 2.10 bits per heavy atom. The van der Waals surface area contributed by atoms with Gasteiger partial charge in [0.2, 0.25) is 15.9 Å². The van der Waals surface area contributed by atoms with Crippen molar-refractivity contribution >= 4 is 15.9 Å². The highest BCUT2D eigenvalue weighted by molar-refractivity contribution is 7.89. The van der Waals surface area contributed by atoms with Crippen LogP contribution in [0.2, 0.25) is 0 Å². The van der Waals surface area contributed by atoms with Gasteiger partial charge in [-0.3, -0.25) is 4.79 Å². The van der Waals surface area contributed by atoms with Gasteiger partial charge in [-0.05, 0) is 17.7 Å². The van der Waals surface area contributed by atoms with Gasteiger partial charge >= 0.3 is 0 Å². The monoisotopic (exact) mass is 298 g/mol. The molecule has 0 spiro atoms. The first-order valence-electron chi connectivity index (χ1n) is 6.81. The summed E-state index contributed by atoms with van der Waals surface area (Å²) < 4.78 is 26.0. The highest BCUT2D eigenvalue weighted by atomic mass is 32.2. The Bertz CT molecular complexity index is 534. The zero-order valence-corrected chi connectivity index (χ0v) is 13.0. The summed E-state index contributed by atoms with van der Waals surface area (Å²) in [5.41, 5.74) is 0.880. The Hall–Kier alpha value is -1.40. The van der Waals surface area contributed by atoms with Crippen molar-refractivity contribution in [3.8, 4) is 0 Å². The van der Waals surface area contributed by atoms with E-state index in [0.29, 0.717) is 26.1 Å². The number of hydrogen-bond donors (Lipinski definition) is 1. The Morgan fingerprint density at radius 1 is 1.10 bits per heavy atom. The largest absolute Gasteiger partial charge is 0.352 e. The minimum Gasteiger partial charge on any atom is -0.352 e. The summed E-state index contributed by atoms with van der Waals surface area (Å²) >= 11 is 0. The van der Waals surface area contributed by atoms with Crippen LogP contribution in [0, 0.1) is 0 Å². The van der Waals surface area contributed by atoms with Crippen molar-refractivity contribution < 1.29 is 13.2 Å². The molecule has 0 radical (unpaired) electrons. The van der Waals surface area contributed by atoms with Crippen LogP contribution in [0.15, 0.2) is 29.2 Å². The summed E-state index contributed by atoms with van der Waals surface area (Å²) in [7, 11) is -3.41. The van der Waals surface area contributed by atoms with E-state index >= 15 is 0 Å². The van der Waals surface area contributed by atoms with Crippen LogP contribution in [0.1, 0.15) is 32.8 Å². The van der Waals surface area contributed by atoms with E-state index in [1.807, 2.05) is 13.8 Å². The molecule has 1 rings (SSSR count). The molecular formula is C14H22N2O3S. The van der Waals surface area contributed by atoms with E-state index in [0.717, 1.165) is 5.56 Å². The second-order valence-electron chi connectivity index (χ2n) is 4.36. The Kier molecular flexibility index (Phi) is 6.16. The van der Waals surface area contributed by atoms with Gasteiger partial charge in [0.1, 0.15) is 0 Å². The van der Waals surface area contributed by atoms with E-state index < -0.39 is 10.0 Å². The molecule has 0 saturated heterocycles. The third-order valence-corrected chi connectivity index (χ3v) is 5.14. The van der Waals surface area contributed by atoms with Crippen LogP contribution in [-0.4, -0.2) is 31.7 Å². The normalized spacial score (nSPS) is 11.6. The SMILES string of the molecule is CCC(=O)NCc1ccc(S(=O)(=O)N(CC)CC)cc1. The summed E-state index contributed by atoms with van der Waals surface area (Å²) in [5.74, 6) is -0.0233. The first kappa shape index (κ1) is 16.7. The van der Waals surface area contributed by atoms with Gasteiger partial charge in [0.15, 0.2) is 0 Å². The molecule has 0 unspecified atom stereocenters. The van der Waals surface area contributed by atoms with Crippen molar-refractivity contribution in [3.63, 3.8) is 0 Å². The van der Waals surface area contributed by atoms with Crippen LogP contribution in [0.4, 0.5) is 0 Å². The van der Waals surface area contributed by atoms with E-state index in [4.69, 9.17) is 0 Å². The molecule has 20 heavy (non-hydrogen) atoms. The second kappa shape index (κ2) is 7.40. The highest BCUT2D eigenvalue weighted by Gasteiger charge is 2.20. The number of carbonyl (C=O) groups is 1. The van der Waals surface area contributed by atoms with Crippen LogP contribution in [0.25, 0.3) is 0 Å². The molecule has 0 aliphatic rings. The van der Waals surface area contributed by atoms with Crippen LogP contribution in [0.5, 0.6) is 0 Å². The molecule has 1 N–H and O–H groups in total. The van der Waals surface area contributed by atoms with E-state index in [9.17, 15) is 13.2 Å². The number of hydrogen-bond acceptors (Lipinski definition) is 3. The minimum atomic E-state index is -3.41. The number of rotatable bonds is 7. The number of nitrogens with one attached hydrogen (secondary N) is 1. The number of amides is 1. The van der Waals surface area contributed by atoms with Gasteiger partial charge in [0, 0.05) is 26.1 Å². The molecule has 5 nitrogen and oxygen atoms in total. The number of benzene rings is 1. The molecule has 0 bridgehead atoms. The lowest BCUT2D eigenvalue weighted by molar-refractivity contribution is -0.120. The third-order valence-electron chi connectivity index (χ3n) is 3.08. The van der Waals surface area contributed by atoms with E-state index in [1.54, 1.807) is 31.2 Å². The van der Waals surface area contributed by atoms with Crippen LogP contribution >= 0.6 is 0 Å². The average Bonchev–Trinajstić information content (AvgIpc) is 2.46. The van der Waals surface area contributed by atoms with E-state index in [1.165, 1.54) is 4.31 Å². The maximum absolute atomic E-state index is 12.3. The molecule has 1 aromatic rings. The third kappa shape index (κ3) is 4.05. The summed E-state index contributed by atoms with van der Waals surface area (Å²) in [5, 5.41) is 2.75. The smallest absolute Gasteiger partial charge is 0.243 e. The number of carbonyl (C=O) groups excluding carboxylic acids is 1. The van der Waals surface area contributed by atoms with Crippen molar-refractivity contribution in [1.29, 1.82) is 0 Å². The minimum absolute atomic E-state index is 0.0233. The lowest BCUT2D eigenvalue weighted by Crippen LogP contribution is -2.30. The van der Waals surface area contributed by atoms with Gasteiger partial charge in [0.05, 0.1) is 4.90 Å². The molecule has 1 amide bonds. The van der Waals surface area contributed by atoms with Crippen LogP contribution in [0.3, 0.4) is 0 Å². The predicted octanol–water partition coefficient (Wildman–Crippen LogP) is 1.74. The summed E-state index contributed by atoms with van der Waals surface area (Å²) in [6.07, 6.45) is 0.439. The fourth-order valence-electron chi connectivity index (χ4n) is 1.82. The van der Waals surface area contributed by atoms with Crippen molar-refractivity contribution in [1.82, 2.24) is 9.62 Å². The van der Waals surface area contributed by atoms with Gasteiger partial charge in [-0.2, -0.15) is 4.31 Å². The molecule has 112 valence electrons. The first-order valence-corrected chi connectivity index (χ1v) is 8.25. The summed E-state index contributed by atoms with van der Waals surface area (Å²) in [6, 6.07) is 6.63. The average molecular weight is 298 g/mol. The molecule has 0 atom stereocenters. The zero-order chi connectivity index (χ0) is 15.2. The molecule has 0 aliphatic carbocycles. The summed E-state index contributed by atoms with van der Waals surface area (Å²) in [6.45, 7) is 6.74. The molecule has 0 aromatic heterocycles. The molecule has 0 fully saturated rings. The number of sulfonamides is 1. The molecule has 6 heteroatoms. The van der Waals surface area contributed by atoms with E-state index in [-0.39, 0.29) is 10.8 Å². The van der Waals surface area contributed by atoms with Crippen molar-refractivity contribution in [2.45, 2.75) is 38.6 Å². The Morgan fingerprint density at radius 2 is 1.65 bits per heavy atom. The van der Waals surface area contributed by atoms with E-state index in [2.05, 4.69) is 5.32 Å². The fraction of sp³-hybridized carbons (Fsp3) is 0.500. The standard InChI is InChI=1S/C14H22N2O3S/c1-4-14(17)15-11-12-7-9-13(10-8-12)20(18,19)16(5-2)6-3/h7-10H,4-6,11H2,1-3H3,(H,15,17). The maximum Gasteiger partial charge on any atom is 0.243 e. The van der Waals surface area contributed by atoms with Crippen LogP contribution in [-0.2, 0) is 21.4 Å². The van der Waals surface area contributed by atoms with Crippen molar-refractivity contribution in [2.24, 2.45) is 0 Å². The Labute approximate surface area is 121 Å². The first-order chi connectivity index (χ1) is 9.45. The van der Waals surface area contributed by atoms with Crippen molar-refractivity contribution in [2.75, 3.05) is 13.1 Å². The van der Waals surface area contributed by atoms with Gasteiger partial charge < -0.3 is 5.32 Å². The lowest BCUT2D eigenvalue weighted by atomic mass is 10.2. The number of nitrogens with zero attached hydrogens (tertiary/aromatic N) is 1. The van der Waals surface area contributed by atoms with Crippen molar-refractivity contribution in [3.05, 3.63) is 29.8 Å².